The summed E-state index contributed by atoms with van der Waals surface area (Å²) in [5.74, 6) is 0.390. The van der Waals surface area contributed by atoms with Gasteiger partial charge in [0.1, 0.15) is 11.3 Å². The number of piperidine rings is 1. The molecule has 8 heteroatoms. The maximum absolute atomic E-state index is 12.4. The van der Waals surface area contributed by atoms with Gasteiger partial charge in [-0.3, -0.25) is 9.59 Å². The summed E-state index contributed by atoms with van der Waals surface area (Å²) in [5, 5.41) is 12.7. The van der Waals surface area contributed by atoms with E-state index in [0.29, 0.717) is 42.5 Å². The van der Waals surface area contributed by atoms with Gasteiger partial charge in [-0.05, 0) is 31.7 Å². The number of nitrogens with zero attached hydrogens (tertiary/aromatic N) is 3. The van der Waals surface area contributed by atoms with E-state index in [9.17, 15) is 9.59 Å². The van der Waals surface area contributed by atoms with E-state index in [2.05, 4.69) is 15.5 Å². The molecule has 4 rings (SSSR count). The number of hydrogen-bond acceptors (Lipinski definition) is 6. The van der Waals surface area contributed by atoms with Gasteiger partial charge in [-0.25, -0.2) is 0 Å². The third-order valence-electron chi connectivity index (χ3n) is 4.52. The number of hydrogen-bond donors (Lipinski definition) is 1. The highest BCUT2D eigenvalue weighted by Gasteiger charge is 2.30. The fraction of sp³-hybridized carbons (Fsp3) is 0.500. The molecule has 3 heterocycles. The first-order valence-electron chi connectivity index (χ1n) is 8.16. The Bertz CT molecular complexity index is 730. The first-order valence-corrected chi connectivity index (χ1v) is 8.98. The van der Waals surface area contributed by atoms with Crippen LogP contribution in [0.3, 0.4) is 0 Å². The van der Waals surface area contributed by atoms with Crippen LogP contribution in [0.25, 0.3) is 0 Å². The fourth-order valence-corrected chi connectivity index (χ4v) is 3.82. The van der Waals surface area contributed by atoms with Gasteiger partial charge in [0.25, 0.3) is 5.91 Å². The Balaban J connectivity index is 1.30. The van der Waals surface area contributed by atoms with Gasteiger partial charge in [0, 0.05) is 24.9 Å². The van der Waals surface area contributed by atoms with E-state index in [1.807, 2.05) is 0 Å². The van der Waals surface area contributed by atoms with Gasteiger partial charge in [-0.15, -0.1) is 10.2 Å². The van der Waals surface area contributed by atoms with Crippen LogP contribution in [-0.2, 0) is 4.79 Å². The van der Waals surface area contributed by atoms with E-state index in [1.165, 1.54) is 36.7 Å². The SMILES string of the molecule is O=C(Nc1nnc(C2CC2)s1)C1CCN(C(=O)c2ccoc2)CC1. The number of amides is 2. The Morgan fingerprint density at radius 1 is 1.21 bits per heavy atom. The zero-order valence-electron chi connectivity index (χ0n) is 13.1. The third kappa shape index (κ3) is 3.19. The molecule has 1 aliphatic carbocycles. The van der Waals surface area contributed by atoms with Crippen LogP contribution in [0.1, 0.15) is 47.0 Å². The Morgan fingerprint density at radius 2 is 2.00 bits per heavy atom. The van der Waals surface area contributed by atoms with E-state index in [1.54, 1.807) is 11.0 Å². The van der Waals surface area contributed by atoms with Crippen molar-refractivity contribution in [2.75, 3.05) is 18.4 Å². The van der Waals surface area contributed by atoms with E-state index >= 15 is 0 Å². The molecule has 0 atom stereocenters. The summed E-state index contributed by atoms with van der Waals surface area (Å²) in [6, 6.07) is 1.66. The van der Waals surface area contributed by atoms with Gasteiger partial charge in [-0.2, -0.15) is 0 Å². The minimum Gasteiger partial charge on any atom is -0.472 e. The predicted octanol–water partition coefficient (Wildman–Crippen LogP) is 2.50. The molecule has 2 aromatic heterocycles. The van der Waals surface area contributed by atoms with Crippen molar-refractivity contribution in [3.8, 4) is 0 Å². The maximum atomic E-state index is 12.4. The summed E-state index contributed by atoms with van der Waals surface area (Å²) in [7, 11) is 0. The highest BCUT2D eigenvalue weighted by molar-refractivity contribution is 7.15. The molecule has 0 unspecified atom stereocenters. The molecular weight excluding hydrogens is 328 g/mol. The Hall–Kier alpha value is -2.22. The van der Waals surface area contributed by atoms with Crippen molar-refractivity contribution in [1.82, 2.24) is 15.1 Å². The molecule has 2 aromatic rings. The zero-order valence-corrected chi connectivity index (χ0v) is 13.9. The average Bonchev–Trinajstić information content (AvgIpc) is 3.11. The molecule has 2 aliphatic rings. The predicted molar refractivity (Wildman–Crippen MR) is 87.8 cm³/mol. The second-order valence-corrected chi connectivity index (χ2v) is 7.30. The Labute approximate surface area is 143 Å². The van der Waals surface area contributed by atoms with Gasteiger partial charge < -0.3 is 14.6 Å². The number of furan rings is 1. The van der Waals surface area contributed by atoms with Crippen molar-refractivity contribution < 1.29 is 14.0 Å². The lowest BCUT2D eigenvalue weighted by Crippen LogP contribution is -2.41. The molecule has 0 aromatic carbocycles. The van der Waals surface area contributed by atoms with E-state index in [-0.39, 0.29) is 17.7 Å². The van der Waals surface area contributed by atoms with Crippen molar-refractivity contribution in [3.05, 3.63) is 29.2 Å². The first-order chi connectivity index (χ1) is 11.7. The van der Waals surface area contributed by atoms with Crippen LogP contribution in [0.5, 0.6) is 0 Å². The van der Waals surface area contributed by atoms with Crippen molar-refractivity contribution in [3.63, 3.8) is 0 Å². The maximum Gasteiger partial charge on any atom is 0.257 e. The molecule has 0 spiro atoms. The molecule has 1 saturated carbocycles. The molecule has 1 N–H and O–H groups in total. The van der Waals surface area contributed by atoms with Gasteiger partial charge in [-0.1, -0.05) is 11.3 Å². The number of carbonyl (C=O) groups excluding carboxylic acids is 2. The molecule has 2 amide bonds. The second-order valence-electron chi connectivity index (χ2n) is 6.29. The molecule has 2 fully saturated rings. The van der Waals surface area contributed by atoms with Crippen LogP contribution in [0.4, 0.5) is 5.13 Å². The topological polar surface area (TPSA) is 88.3 Å². The van der Waals surface area contributed by atoms with Gasteiger partial charge >= 0.3 is 0 Å². The second kappa shape index (κ2) is 6.35. The van der Waals surface area contributed by atoms with Crippen molar-refractivity contribution >= 4 is 28.3 Å². The van der Waals surface area contributed by atoms with Crippen LogP contribution < -0.4 is 5.32 Å². The van der Waals surface area contributed by atoms with Crippen molar-refractivity contribution in [2.45, 2.75) is 31.6 Å². The largest absolute Gasteiger partial charge is 0.472 e. The molecule has 1 aliphatic heterocycles. The van der Waals surface area contributed by atoms with Crippen LogP contribution in [-0.4, -0.2) is 40.0 Å². The van der Waals surface area contributed by atoms with Gasteiger partial charge in [0.2, 0.25) is 11.0 Å². The lowest BCUT2D eigenvalue weighted by Gasteiger charge is -2.30. The van der Waals surface area contributed by atoms with Gasteiger partial charge in [0.05, 0.1) is 11.8 Å². The molecule has 7 nitrogen and oxygen atoms in total. The van der Waals surface area contributed by atoms with Gasteiger partial charge in [0.15, 0.2) is 0 Å². The number of aromatic nitrogens is 2. The fourth-order valence-electron chi connectivity index (χ4n) is 2.90. The molecule has 24 heavy (non-hydrogen) atoms. The Kier molecular flexibility index (Phi) is 4.05. The minimum absolute atomic E-state index is 0.0242. The first kappa shape index (κ1) is 15.3. The van der Waals surface area contributed by atoms with Crippen molar-refractivity contribution in [2.24, 2.45) is 5.92 Å². The van der Waals surface area contributed by atoms with Crippen LogP contribution in [0.15, 0.2) is 23.0 Å². The highest BCUT2D eigenvalue weighted by Crippen LogP contribution is 2.42. The molecule has 0 bridgehead atoms. The molecule has 1 saturated heterocycles. The molecular formula is C16H18N4O3S. The number of rotatable bonds is 4. The minimum atomic E-state index is -0.0910. The molecule has 126 valence electrons. The summed E-state index contributed by atoms with van der Waals surface area (Å²) in [6.07, 6.45) is 6.60. The van der Waals surface area contributed by atoms with E-state index < -0.39 is 0 Å². The summed E-state index contributed by atoms with van der Waals surface area (Å²) < 4.78 is 4.95. The number of likely N-dealkylation sites (tertiary alicyclic amines) is 1. The normalized spacial score (nSPS) is 18.6. The third-order valence-corrected chi connectivity index (χ3v) is 5.52. The summed E-state index contributed by atoms with van der Waals surface area (Å²) >= 11 is 1.47. The van der Waals surface area contributed by atoms with Crippen molar-refractivity contribution in [1.29, 1.82) is 0 Å². The molecule has 0 radical (unpaired) electrons. The monoisotopic (exact) mass is 346 g/mol. The summed E-state index contributed by atoms with van der Waals surface area (Å²) in [6.45, 7) is 1.15. The van der Waals surface area contributed by atoms with Crippen LogP contribution in [0.2, 0.25) is 0 Å². The zero-order chi connectivity index (χ0) is 16.5. The number of anilines is 1. The summed E-state index contributed by atoms with van der Waals surface area (Å²) in [4.78, 5) is 26.4. The lowest BCUT2D eigenvalue weighted by atomic mass is 9.95. The quantitative estimate of drug-likeness (QED) is 0.919. The van der Waals surface area contributed by atoms with E-state index in [0.717, 1.165) is 5.01 Å². The lowest BCUT2D eigenvalue weighted by molar-refractivity contribution is -0.121. The standard InChI is InChI=1S/C16H18N4O3S/c21-13(17-16-19-18-14(24-16)11-1-2-11)10-3-6-20(7-4-10)15(22)12-5-8-23-9-12/h5,8-11H,1-4,6-7H2,(H,17,19,21). The van der Waals surface area contributed by atoms with Crippen LogP contribution >= 0.6 is 11.3 Å². The average molecular weight is 346 g/mol. The van der Waals surface area contributed by atoms with Crippen LogP contribution in [0, 0.1) is 5.92 Å². The summed E-state index contributed by atoms with van der Waals surface area (Å²) in [5.41, 5.74) is 0.555. The highest BCUT2D eigenvalue weighted by atomic mass is 32.1. The Morgan fingerprint density at radius 3 is 2.67 bits per heavy atom. The smallest absolute Gasteiger partial charge is 0.257 e. The number of carbonyl (C=O) groups is 2. The van der Waals surface area contributed by atoms with E-state index in [4.69, 9.17) is 4.42 Å². The number of nitrogens with one attached hydrogen (secondary N) is 1.